The van der Waals surface area contributed by atoms with Gasteiger partial charge >= 0.3 is 5.97 Å². The maximum absolute atomic E-state index is 12.8. The summed E-state index contributed by atoms with van der Waals surface area (Å²) in [6.45, 7) is 6.54. The fraction of sp³-hybridized carbons (Fsp3) is 0.308. The molecule has 0 aliphatic carbocycles. The van der Waals surface area contributed by atoms with Crippen molar-refractivity contribution >= 4 is 27.6 Å². The molecule has 1 amide bonds. The molecule has 1 aromatic heterocycles. The normalized spacial score (nSPS) is 15.3. The van der Waals surface area contributed by atoms with Gasteiger partial charge in [-0.15, -0.1) is 0 Å². The van der Waals surface area contributed by atoms with E-state index in [1.165, 1.54) is 35.5 Å². The summed E-state index contributed by atoms with van der Waals surface area (Å²) in [5, 5.41) is 2.66. The highest BCUT2D eigenvalue weighted by atomic mass is 32.2. The lowest BCUT2D eigenvalue weighted by Gasteiger charge is -2.26. The van der Waals surface area contributed by atoms with Crippen molar-refractivity contribution in [2.75, 3.05) is 31.6 Å². The third-order valence-corrected chi connectivity index (χ3v) is 7.96. The van der Waals surface area contributed by atoms with E-state index in [1.54, 1.807) is 6.07 Å². The smallest absolute Gasteiger partial charge is 0.340 e. The molecule has 36 heavy (non-hydrogen) atoms. The molecule has 0 spiro atoms. The Balaban J connectivity index is 1.40. The number of esters is 1. The van der Waals surface area contributed by atoms with E-state index in [2.05, 4.69) is 5.32 Å². The number of nitrogens with one attached hydrogen (secondary N) is 1. The van der Waals surface area contributed by atoms with Crippen LogP contribution in [0.1, 0.15) is 28.7 Å². The standard InChI is InChI=1S/C26H29N3O6S/c1-18-17-24(19(2)29(18)22-7-5-4-6-8-22)26(31)35-20(3)25(30)27-21-9-11-23(12-10-21)36(32,33)28-13-15-34-16-14-28/h4-12,17,20H,13-16H2,1-3H3,(H,27,30)/t20-/m0/s1. The number of nitrogens with zero attached hydrogens (tertiary/aromatic N) is 2. The molecule has 1 aliphatic heterocycles. The van der Waals surface area contributed by atoms with E-state index in [-0.39, 0.29) is 4.90 Å². The number of aromatic nitrogens is 1. The molecule has 0 bridgehead atoms. The van der Waals surface area contributed by atoms with Crippen LogP contribution in [0.4, 0.5) is 5.69 Å². The largest absolute Gasteiger partial charge is 0.449 e. The molecule has 10 heteroatoms. The molecule has 4 rings (SSSR count). The van der Waals surface area contributed by atoms with Gasteiger partial charge in [-0.05, 0) is 63.2 Å². The van der Waals surface area contributed by atoms with Crippen LogP contribution in [0.2, 0.25) is 0 Å². The van der Waals surface area contributed by atoms with Crippen LogP contribution in [-0.2, 0) is 24.3 Å². The van der Waals surface area contributed by atoms with E-state index < -0.39 is 28.0 Å². The monoisotopic (exact) mass is 511 g/mol. The van der Waals surface area contributed by atoms with Crippen LogP contribution >= 0.6 is 0 Å². The van der Waals surface area contributed by atoms with Gasteiger partial charge in [-0.3, -0.25) is 4.79 Å². The van der Waals surface area contributed by atoms with Gasteiger partial charge in [0.05, 0.1) is 23.7 Å². The van der Waals surface area contributed by atoms with Crippen LogP contribution in [-0.4, -0.2) is 61.6 Å². The van der Waals surface area contributed by atoms with Crippen molar-refractivity contribution in [2.24, 2.45) is 0 Å². The van der Waals surface area contributed by atoms with Gasteiger partial charge in [-0.2, -0.15) is 4.31 Å². The van der Waals surface area contributed by atoms with Gasteiger partial charge in [-0.25, -0.2) is 13.2 Å². The van der Waals surface area contributed by atoms with Gasteiger partial charge < -0.3 is 19.4 Å². The minimum absolute atomic E-state index is 0.135. The Bertz CT molecular complexity index is 1340. The molecule has 2 heterocycles. The zero-order valence-corrected chi connectivity index (χ0v) is 21.2. The van der Waals surface area contributed by atoms with E-state index in [1.807, 2.05) is 48.7 Å². The lowest BCUT2D eigenvalue weighted by Crippen LogP contribution is -2.40. The second-order valence-electron chi connectivity index (χ2n) is 8.53. The minimum Gasteiger partial charge on any atom is -0.449 e. The number of rotatable bonds is 7. The Hall–Kier alpha value is -3.47. The first-order chi connectivity index (χ1) is 17.2. The van der Waals surface area contributed by atoms with Crippen LogP contribution in [0.3, 0.4) is 0 Å². The molecule has 3 aromatic rings. The first-order valence-electron chi connectivity index (χ1n) is 11.6. The average molecular weight is 512 g/mol. The fourth-order valence-electron chi connectivity index (χ4n) is 4.11. The SMILES string of the molecule is Cc1cc(C(=O)O[C@@H](C)C(=O)Nc2ccc(S(=O)(=O)N3CCOCC3)cc2)c(C)n1-c1ccccc1. The summed E-state index contributed by atoms with van der Waals surface area (Å²) < 4.78 is 39.5. The summed E-state index contributed by atoms with van der Waals surface area (Å²) in [5.41, 5.74) is 3.29. The number of aryl methyl sites for hydroxylation is 1. The van der Waals surface area contributed by atoms with Gasteiger partial charge in [0.15, 0.2) is 6.10 Å². The third kappa shape index (κ3) is 5.35. The molecule has 1 atom stereocenters. The highest BCUT2D eigenvalue weighted by Crippen LogP contribution is 2.23. The number of ether oxygens (including phenoxy) is 2. The maximum Gasteiger partial charge on any atom is 0.340 e. The zero-order chi connectivity index (χ0) is 25.9. The van der Waals surface area contributed by atoms with Gasteiger partial charge in [0, 0.05) is 35.9 Å². The molecular weight excluding hydrogens is 482 g/mol. The van der Waals surface area contributed by atoms with E-state index >= 15 is 0 Å². The number of hydrogen-bond donors (Lipinski definition) is 1. The van der Waals surface area contributed by atoms with Crippen LogP contribution in [0.5, 0.6) is 0 Å². The number of hydrogen-bond acceptors (Lipinski definition) is 6. The van der Waals surface area contributed by atoms with Crippen molar-refractivity contribution < 1.29 is 27.5 Å². The number of carbonyl (C=O) groups excluding carboxylic acids is 2. The van der Waals surface area contributed by atoms with Crippen LogP contribution in [0.25, 0.3) is 5.69 Å². The predicted octanol–water partition coefficient (Wildman–Crippen LogP) is 3.30. The number of morpholine rings is 1. The van der Waals surface area contributed by atoms with Crippen LogP contribution < -0.4 is 5.32 Å². The number of para-hydroxylation sites is 1. The highest BCUT2D eigenvalue weighted by molar-refractivity contribution is 7.89. The van der Waals surface area contributed by atoms with Crippen molar-refractivity contribution in [1.82, 2.24) is 8.87 Å². The summed E-state index contributed by atoms with van der Waals surface area (Å²) in [6.07, 6.45) is -1.06. The number of anilines is 1. The molecule has 1 N–H and O–H groups in total. The first-order valence-corrected chi connectivity index (χ1v) is 13.1. The molecule has 9 nitrogen and oxygen atoms in total. The molecule has 190 valence electrons. The fourth-order valence-corrected chi connectivity index (χ4v) is 5.52. The summed E-state index contributed by atoms with van der Waals surface area (Å²) in [7, 11) is -3.63. The Labute approximate surface area is 210 Å². The van der Waals surface area contributed by atoms with Gasteiger partial charge in [0.2, 0.25) is 10.0 Å². The van der Waals surface area contributed by atoms with Crippen molar-refractivity contribution in [3.8, 4) is 5.69 Å². The summed E-state index contributed by atoms with van der Waals surface area (Å²) >= 11 is 0. The quantitative estimate of drug-likeness (QED) is 0.488. The van der Waals surface area contributed by atoms with Crippen LogP contribution in [0.15, 0.2) is 65.6 Å². The van der Waals surface area contributed by atoms with E-state index in [4.69, 9.17) is 9.47 Å². The molecule has 0 saturated carbocycles. The molecule has 0 unspecified atom stereocenters. The maximum atomic E-state index is 12.8. The Kier molecular flexibility index (Phi) is 7.58. The first kappa shape index (κ1) is 25.6. The predicted molar refractivity (Wildman–Crippen MR) is 135 cm³/mol. The second kappa shape index (κ2) is 10.7. The topological polar surface area (TPSA) is 107 Å². The van der Waals surface area contributed by atoms with Gasteiger partial charge in [0.25, 0.3) is 5.91 Å². The molecule has 2 aromatic carbocycles. The van der Waals surface area contributed by atoms with Crippen molar-refractivity contribution in [3.63, 3.8) is 0 Å². The van der Waals surface area contributed by atoms with E-state index in [0.717, 1.165) is 11.4 Å². The molecule has 1 fully saturated rings. The van der Waals surface area contributed by atoms with Crippen molar-refractivity contribution in [2.45, 2.75) is 31.8 Å². The summed E-state index contributed by atoms with van der Waals surface area (Å²) in [4.78, 5) is 25.6. The van der Waals surface area contributed by atoms with Crippen LogP contribution in [0, 0.1) is 13.8 Å². The second-order valence-corrected chi connectivity index (χ2v) is 10.5. The summed E-state index contributed by atoms with van der Waals surface area (Å²) in [5.74, 6) is -1.12. The van der Waals surface area contributed by atoms with Gasteiger partial charge in [0.1, 0.15) is 0 Å². The molecular formula is C26H29N3O6S. The molecule has 1 aliphatic rings. The minimum atomic E-state index is -3.63. The number of sulfonamides is 1. The average Bonchev–Trinajstić information content (AvgIpc) is 3.19. The summed E-state index contributed by atoms with van der Waals surface area (Å²) in [6, 6.07) is 17.3. The Morgan fingerprint density at radius 3 is 2.28 bits per heavy atom. The number of amides is 1. The third-order valence-electron chi connectivity index (χ3n) is 6.05. The molecule has 0 radical (unpaired) electrons. The molecule has 1 saturated heterocycles. The van der Waals surface area contributed by atoms with E-state index in [0.29, 0.717) is 43.2 Å². The van der Waals surface area contributed by atoms with Gasteiger partial charge in [-0.1, -0.05) is 18.2 Å². The highest BCUT2D eigenvalue weighted by Gasteiger charge is 2.27. The zero-order valence-electron chi connectivity index (χ0n) is 20.4. The number of carbonyl (C=O) groups is 2. The van der Waals surface area contributed by atoms with Crippen molar-refractivity contribution in [3.05, 3.63) is 77.6 Å². The Morgan fingerprint density at radius 2 is 1.64 bits per heavy atom. The Morgan fingerprint density at radius 1 is 1.00 bits per heavy atom. The lowest BCUT2D eigenvalue weighted by atomic mass is 10.2. The van der Waals surface area contributed by atoms with Crippen molar-refractivity contribution in [1.29, 1.82) is 0 Å². The lowest BCUT2D eigenvalue weighted by molar-refractivity contribution is -0.123. The van der Waals surface area contributed by atoms with E-state index in [9.17, 15) is 18.0 Å². The number of benzene rings is 2.